The van der Waals surface area contributed by atoms with Crippen molar-refractivity contribution in [2.75, 3.05) is 6.54 Å². The normalized spacial score (nSPS) is 21.5. The highest BCUT2D eigenvalue weighted by atomic mass is 16.4. The quantitative estimate of drug-likeness (QED) is 0.869. The van der Waals surface area contributed by atoms with Crippen LogP contribution in [-0.4, -0.2) is 50.3 Å². The van der Waals surface area contributed by atoms with E-state index < -0.39 is 17.9 Å². The Morgan fingerprint density at radius 1 is 1.07 bits per heavy atom. The lowest BCUT2D eigenvalue weighted by atomic mass is 9.92. The van der Waals surface area contributed by atoms with Crippen molar-refractivity contribution < 1.29 is 19.5 Å². The number of carbonyl (C=O) groups excluding carboxylic acids is 2. The van der Waals surface area contributed by atoms with E-state index in [1.54, 1.807) is 11.1 Å². The summed E-state index contributed by atoms with van der Waals surface area (Å²) in [6, 6.07) is 12.2. The molecule has 1 fully saturated rings. The van der Waals surface area contributed by atoms with Crippen molar-refractivity contribution >= 4 is 17.8 Å². The third-order valence-corrected chi connectivity index (χ3v) is 5.46. The van der Waals surface area contributed by atoms with E-state index in [9.17, 15) is 19.5 Å². The van der Waals surface area contributed by atoms with E-state index in [1.807, 2.05) is 42.5 Å². The summed E-state index contributed by atoms with van der Waals surface area (Å²) in [5, 5.41) is 9.65. The molecule has 2 amide bonds. The Balaban J connectivity index is 1.50. The third-order valence-electron chi connectivity index (χ3n) is 5.46. The Morgan fingerprint density at radius 3 is 2.54 bits per heavy atom. The number of fused-ring (bicyclic) bond motifs is 1. The molecule has 1 saturated heterocycles. The Kier molecular flexibility index (Phi) is 4.81. The van der Waals surface area contributed by atoms with Crippen LogP contribution < -0.4 is 0 Å². The molecule has 0 bridgehead atoms. The van der Waals surface area contributed by atoms with Crippen LogP contribution in [0.15, 0.2) is 48.7 Å². The number of likely N-dealkylation sites (tertiary alicyclic amines) is 1. The highest BCUT2D eigenvalue weighted by molar-refractivity contribution is 5.91. The molecule has 2 aliphatic rings. The largest absolute Gasteiger partial charge is 0.480 e. The Hall–Kier alpha value is -3.22. The van der Waals surface area contributed by atoms with Gasteiger partial charge in [0.15, 0.2) is 0 Å². The summed E-state index contributed by atoms with van der Waals surface area (Å²) in [4.78, 5) is 44.6. The monoisotopic (exact) mass is 379 g/mol. The zero-order valence-electron chi connectivity index (χ0n) is 15.3. The van der Waals surface area contributed by atoms with E-state index in [0.29, 0.717) is 13.1 Å². The van der Waals surface area contributed by atoms with E-state index in [4.69, 9.17) is 0 Å². The smallest absolute Gasteiger partial charge is 0.326 e. The summed E-state index contributed by atoms with van der Waals surface area (Å²) < 4.78 is 0. The van der Waals surface area contributed by atoms with E-state index >= 15 is 0 Å². The zero-order valence-corrected chi connectivity index (χ0v) is 15.3. The molecule has 28 heavy (non-hydrogen) atoms. The number of carboxylic acids is 1. The number of carbonyl (C=O) groups is 3. The summed E-state index contributed by atoms with van der Waals surface area (Å²) in [6.07, 6.45) is 2.06. The maximum Gasteiger partial charge on any atom is 0.326 e. The number of hydrogen-bond acceptors (Lipinski definition) is 4. The van der Waals surface area contributed by atoms with E-state index in [1.165, 1.54) is 4.90 Å². The average Bonchev–Trinajstić information content (AvgIpc) is 3.07. The molecule has 1 N–H and O–H groups in total. The predicted molar refractivity (Wildman–Crippen MR) is 99.9 cm³/mol. The Morgan fingerprint density at radius 2 is 1.82 bits per heavy atom. The summed E-state index contributed by atoms with van der Waals surface area (Å²) in [5.74, 6) is -1.91. The fourth-order valence-electron chi connectivity index (χ4n) is 3.99. The second-order valence-corrected chi connectivity index (χ2v) is 7.29. The molecule has 0 spiro atoms. The molecule has 0 aliphatic carbocycles. The first kappa shape index (κ1) is 18.2. The van der Waals surface area contributed by atoms with Crippen LogP contribution in [0.25, 0.3) is 0 Å². The van der Waals surface area contributed by atoms with Gasteiger partial charge in [0, 0.05) is 32.1 Å². The number of benzene rings is 1. The standard InChI is InChI=1S/C21H21N3O4/c25-19-10-16(11-23(19)13-17-7-3-4-8-22-17)20(26)24-12-15-6-2-1-5-14(15)9-18(24)21(27)28/h1-8,16,18H,9-13H2,(H,27,28)/t16-,18+/m0/s1. The van der Waals surface area contributed by atoms with Gasteiger partial charge in [-0.05, 0) is 23.3 Å². The van der Waals surface area contributed by atoms with Crippen molar-refractivity contribution in [1.82, 2.24) is 14.8 Å². The van der Waals surface area contributed by atoms with E-state index in [0.717, 1.165) is 16.8 Å². The van der Waals surface area contributed by atoms with Crippen molar-refractivity contribution in [3.05, 3.63) is 65.5 Å². The van der Waals surface area contributed by atoms with Crippen molar-refractivity contribution in [3.8, 4) is 0 Å². The first-order chi connectivity index (χ1) is 13.5. The highest BCUT2D eigenvalue weighted by Crippen LogP contribution is 2.28. The summed E-state index contributed by atoms with van der Waals surface area (Å²) in [6.45, 7) is 0.907. The van der Waals surface area contributed by atoms with Crippen LogP contribution in [0.5, 0.6) is 0 Å². The van der Waals surface area contributed by atoms with Crippen LogP contribution in [0.3, 0.4) is 0 Å². The summed E-state index contributed by atoms with van der Waals surface area (Å²) in [5.41, 5.74) is 2.68. The molecule has 4 rings (SSSR count). The van der Waals surface area contributed by atoms with Crippen LogP contribution in [0.2, 0.25) is 0 Å². The first-order valence-corrected chi connectivity index (χ1v) is 9.30. The fourth-order valence-corrected chi connectivity index (χ4v) is 3.99. The van der Waals surface area contributed by atoms with Gasteiger partial charge < -0.3 is 14.9 Å². The van der Waals surface area contributed by atoms with Gasteiger partial charge in [0.25, 0.3) is 0 Å². The molecule has 7 nitrogen and oxygen atoms in total. The lowest BCUT2D eigenvalue weighted by molar-refractivity contribution is -0.153. The minimum atomic E-state index is -1.02. The van der Waals surface area contributed by atoms with Gasteiger partial charge in [-0.25, -0.2) is 4.79 Å². The van der Waals surface area contributed by atoms with E-state index in [-0.39, 0.29) is 31.2 Å². The lowest BCUT2D eigenvalue weighted by Gasteiger charge is -2.35. The SMILES string of the molecule is O=C(O)[C@H]1Cc2ccccc2CN1C(=O)[C@H]1CC(=O)N(Cc2ccccn2)C1. The number of aliphatic carboxylic acids is 1. The van der Waals surface area contributed by atoms with Crippen LogP contribution >= 0.6 is 0 Å². The molecule has 0 radical (unpaired) electrons. The van der Waals surface area contributed by atoms with Gasteiger partial charge >= 0.3 is 5.97 Å². The molecule has 7 heteroatoms. The number of nitrogens with zero attached hydrogens (tertiary/aromatic N) is 3. The average molecular weight is 379 g/mol. The summed E-state index contributed by atoms with van der Waals surface area (Å²) >= 11 is 0. The minimum Gasteiger partial charge on any atom is -0.480 e. The maximum atomic E-state index is 13.1. The van der Waals surface area contributed by atoms with Gasteiger partial charge in [-0.2, -0.15) is 0 Å². The molecule has 144 valence electrons. The van der Waals surface area contributed by atoms with Gasteiger partial charge in [-0.1, -0.05) is 30.3 Å². The molecule has 2 aliphatic heterocycles. The van der Waals surface area contributed by atoms with Crippen molar-refractivity contribution in [1.29, 1.82) is 0 Å². The number of rotatable bonds is 4. The fraction of sp³-hybridized carbons (Fsp3) is 0.333. The predicted octanol–water partition coefficient (Wildman–Crippen LogP) is 1.47. The van der Waals surface area contributed by atoms with Gasteiger partial charge in [0.1, 0.15) is 6.04 Å². The molecule has 1 aromatic carbocycles. The Labute approximate surface area is 162 Å². The van der Waals surface area contributed by atoms with Gasteiger partial charge in [0.05, 0.1) is 18.2 Å². The van der Waals surface area contributed by atoms with Crippen molar-refractivity contribution in [3.63, 3.8) is 0 Å². The highest BCUT2D eigenvalue weighted by Gasteiger charge is 2.41. The molecule has 0 unspecified atom stereocenters. The van der Waals surface area contributed by atoms with Crippen LogP contribution in [0.4, 0.5) is 0 Å². The van der Waals surface area contributed by atoms with E-state index in [2.05, 4.69) is 4.98 Å². The molecule has 1 aromatic heterocycles. The second-order valence-electron chi connectivity index (χ2n) is 7.29. The molecule has 2 aromatic rings. The molecule has 3 heterocycles. The number of pyridine rings is 1. The lowest BCUT2D eigenvalue weighted by Crippen LogP contribution is -2.51. The first-order valence-electron chi connectivity index (χ1n) is 9.30. The Bertz CT molecular complexity index is 915. The van der Waals surface area contributed by atoms with Crippen molar-refractivity contribution in [2.45, 2.75) is 32.0 Å². The second kappa shape index (κ2) is 7.42. The summed E-state index contributed by atoms with van der Waals surface area (Å²) in [7, 11) is 0. The van der Waals surface area contributed by atoms with Gasteiger partial charge in [-0.15, -0.1) is 0 Å². The van der Waals surface area contributed by atoms with Gasteiger partial charge in [-0.3, -0.25) is 14.6 Å². The molecular weight excluding hydrogens is 358 g/mol. The van der Waals surface area contributed by atoms with Crippen LogP contribution in [0, 0.1) is 5.92 Å². The number of amides is 2. The number of hydrogen-bond donors (Lipinski definition) is 1. The van der Waals surface area contributed by atoms with Crippen LogP contribution in [0.1, 0.15) is 23.2 Å². The maximum absolute atomic E-state index is 13.1. The topological polar surface area (TPSA) is 90.8 Å². The van der Waals surface area contributed by atoms with Crippen molar-refractivity contribution in [2.24, 2.45) is 5.92 Å². The third kappa shape index (κ3) is 3.47. The molecule has 2 atom stereocenters. The molecular formula is C21H21N3O4. The molecule has 0 saturated carbocycles. The van der Waals surface area contributed by atoms with Crippen LogP contribution in [-0.2, 0) is 33.9 Å². The number of carboxylic acid groups (broad SMARTS) is 1. The minimum absolute atomic E-state index is 0.103. The van der Waals surface area contributed by atoms with Gasteiger partial charge in [0.2, 0.25) is 11.8 Å². The number of aromatic nitrogens is 1. The zero-order chi connectivity index (χ0) is 19.7.